The molecule has 3 amide bonds. The van der Waals surface area contributed by atoms with Gasteiger partial charge in [-0.05, 0) is 31.9 Å². The summed E-state index contributed by atoms with van der Waals surface area (Å²) >= 11 is 0. The second kappa shape index (κ2) is 8.05. The Balaban J connectivity index is 1.48. The van der Waals surface area contributed by atoms with Crippen molar-refractivity contribution in [3.8, 4) is 5.75 Å². The first-order valence-electron chi connectivity index (χ1n) is 10.7. The Morgan fingerprint density at radius 1 is 1.07 bits per heavy atom. The second-order valence-electron chi connectivity index (χ2n) is 8.30. The zero-order chi connectivity index (χ0) is 20.4. The van der Waals surface area contributed by atoms with Crippen LogP contribution in [-0.2, 0) is 9.59 Å². The van der Waals surface area contributed by atoms with Gasteiger partial charge in [-0.15, -0.1) is 0 Å². The Hall–Kier alpha value is -2.57. The number of carbonyl (C=O) groups is 3. The highest BCUT2D eigenvalue weighted by Gasteiger charge is 2.44. The van der Waals surface area contributed by atoms with Crippen LogP contribution in [0.5, 0.6) is 5.75 Å². The fraction of sp³-hybridized carbons (Fsp3) is 0.591. The largest absolute Gasteiger partial charge is 0.467 e. The average molecular weight is 399 g/mol. The molecule has 2 unspecified atom stereocenters. The van der Waals surface area contributed by atoms with Crippen LogP contribution in [0.15, 0.2) is 24.3 Å². The predicted molar refractivity (Wildman–Crippen MR) is 107 cm³/mol. The number of likely N-dealkylation sites (tertiary alicyclic amines) is 2. The molecule has 1 spiro atoms. The monoisotopic (exact) mass is 399 g/mol. The van der Waals surface area contributed by atoms with Gasteiger partial charge in [0.25, 0.3) is 5.91 Å². The number of rotatable bonds is 2. The van der Waals surface area contributed by atoms with Crippen LogP contribution in [-0.4, -0.2) is 58.9 Å². The molecule has 1 N–H and O–H groups in total. The molecule has 0 aromatic heterocycles. The van der Waals surface area contributed by atoms with Gasteiger partial charge in [0.2, 0.25) is 11.8 Å². The van der Waals surface area contributed by atoms with Crippen LogP contribution in [0.1, 0.15) is 62.2 Å². The van der Waals surface area contributed by atoms with E-state index in [0.29, 0.717) is 30.7 Å². The third-order valence-electron chi connectivity index (χ3n) is 6.34. The molecule has 4 rings (SSSR count). The molecule has 7 heteroatoms. The van der Waals surface area contributed by atoms with Gasteiger partial charge in [-0.2, -0.15) is 0 Å². The molecule has 3 aliphatic rings. The van der Waals surface area contributed by atoms with Gasteiger partial charge in [0.15, 0.2) is 5.72 Å². The number of nitrogens with zero attached hydrogens (tertiary/aromatic N) is 2. The van der Waals surface area contributed by atoms with Gasteiger partial charge in [0.1, 0.15) is 11.8 Å². The average Bonchev–Trinajstić information content (AvgIpc) is 3.08. The third kappa shape index (κ3) is 3.95. The van der Waals surface area contributed by atoms with Crippen LogP contribution >= 0.6 is 0 Å². The SMILES string of the molecule is CC(C(=O)N1CCCCCC1)N1CCC2(CCC1=O)NC(=O)c1ccccc1O2. The van der Waals surface area contributed by atoms with Crippen molar-refractivity contribution in [1.29, 1.82) is 0 Å². The van der Waals surface area contributed by atoms with Crippen molar-refractivity contribution in [2.75, 3.05) is 19.6 Å². The minimum Gasteiger partial charge on any atom is -0.467 e. The lowest BCUT2D eigenvalue weighted by Crippen LogP contribution is -2.56. The Morgan fingerprint density at radius 3 is 2.55 bits per heavy atom. The van der Waals surface area contributed by atoms with Crippen molar-refractivity contribution in [2.24, 2.45) is 0 Å². The van der Waals surface area contributed by atoms with Crippen LogP contribution < -0.4 is 10.1 Å². The zero-order valence-corrected chi connectivity index (χ0v) is 17.0. The molecule has 7 nitrogen and oxygen atoms in total. The number of fused-ring (bicyclic) bond motifs is 1. The van der Waals surface area contributed by atoms with E-state index in [1.54, 1.807) is 23.1 Å². The number of benzene rings is 1. The minimum absolute atomic E-state index is 0.0233. The smallest absolute Gasteiger partial charge is 0.258 e. The van der Waals surface area contributed by atoms with E-state index in [2.05, 4.69) is 5.32 Å². The quantitative estimate of drug-likeness (QED) is 0.828. The van der Waals surface area contributed by atoms with Gasteiger partial charge in [-0.25, -0.2) is 0 Å². The summed E-state index contributed by atoms with van der Waals surface area (Å²) in [6.45, 7) is 3.73. The summed E-state index contributed by atoms with van der Waals surface area (Å²) in [6.07, 6.45) is 5.44. The molecule has 0 saturated carbocycles. The van der Waals surface area contributed by atoms with Gasteiger partial charge in [0, 0.05) is 38.9 Å². The molecule has 1 aromatic carbocycles. The van der Waals surface area contributed by atoms with E-state index in [1.165, 1.54) is 0 Å². The van der Waals surface area contributed by atoms with Crippen molar-refractivity contribution < 1.29 is 19.1 Å². The molecule has 156 valence electrons. The van der Waals surface area contributed by atoms with Crippen molar-refractivity contribution in [2.45, 2.75) is 63.6 Å². The number of carbonyl (C=O) groups excluding carboxylic acids is 3. The lowest BCUT2D eigenvalue weighted by atomic mass is 10.0. The zero-order valence-electron chi connectivity index (χ0n) is 17.0. The van der Waals surface area contributed by atoms with Gasteiger partial charge in [-0.1, -0.05) is 25.0 Å². The first-order chi connectivity index (χ1) is 14.0. The Bertz CT molecular complexity index is 803. The van der Waals surface area contributed by atoms with Gasteiger partial charge < -0.3 is 19.9 Å². The molecule has 0 aliphatic carbocycles. The van der Waals surface area contributed by atoms with E-state index in [-0.39, 0.29) is 24.1 Å². The van der Waals surface area contributed by atoms with Crippen LogP contribution in [0.4, 0.5) is 0 Å². The molecule has 2 fully saturated rings. The number of amides is 3. The van der Waals surface area contributed by atoms with Gasteiger partial charge in [-0.3, -0.25) is 14.4 Å². The molecule has 1 aromatic rings. The van der Waals surface area contributed by atoms with Crippen LogP contribution in [0.25, 0.3) is 0 Å². The molecule has 0 bridgehead atoms. The van der Waals surface area contributed by atoms with E-state index in [1.807, 2.05) is 17.9 Å². The molecule has 2 atom stereocenters. The van der Waals surface area contributed by atoms with Crippen LogP contribution in [0.3, 0.4) is 0 Å². The van der Waals surface area contributed by atoms with Crippen molar-refractivity contribution in [3.05, 3.63) is 29.8 Å². The highest BCUT2D eigenvalue weighted by Crippen LogP contribution is 2.34. The van der Waals surface area contributed by atoms with E-state index in [9.17, 15) is 14.4 Å². The summed E-state index contributed by atoms with van der Waals surface area (Å²) in [5, 5.41) is 2.97. The first-order valence-corrected chi connectivity index (χ1v) is 10.7. The summed E-state index contributed by atoms with van der Waals surface area (Å²) in [5.41, 5.74) is -0.392. The highest BCUT2D eigenvalue weighted by atomic mass is 16.5. The summed E-state index contributed by atoms with van der Waals surface area (Å²) < 4.78 is 6.17. The number of hydrogen-bond acceptors (Lipinski definition) is 4. The molecule has 29 heavy (non-hydrogen) atoms. The Labute approximate surface area is 171 Å². The fourth-order valence-electron chi connectivity index (χ4n) is 4.58. The molecule has 3 heterocycles. The maximum absolute atomic E-state index is 13.0. The minimum atomic E-state index is -0.902. The Kier molecular flexibility index (Phi) is 5.48. The lowest BCUT2D eigenvalue weighted by Gasteiger charge is -2.38. The topological polar surface area (TPSA) is 79.0 Å². The molecular formula is C22H29N3O4. The van der Waals surface area contributed by atoms with E-state index in [0.717, 1.165) is 38.8 Å². The fourth-order valence-corrected chi connectivity index (χ4v) is 4.58. The summed E-state index contributed by atoms with van der Waals surface area (Å²) in [7, 11) is 0. The first kappa shape index (κ1) is 19.7. The number of para-hydroxylation sites is 1. The van der Waals surface area contributed by atoms with Crippen LogP contribution in [0, 0.1) is 0 Å². The second-order valence-corrected chi connectivity index (χ2v) is 8.30. The molecule has 2 saturated heterocycles. The normalized spacial score (nSPS) is 26.1. The molecular weight excluding hydrogens is 370 g/mol. The van der Waals surface area contributed by atoms with Crippen molar-refractivity contribution >= 4 is 17.7 Å². The van der Waals surface area contributed by atoms with Crippen molar-refractivity contribution in [3.63, 3.8) is 0 Å². The number of ether oxygens (including phenoxy) is 1. The summed E-state index contributed by atoms with van der Waals surface area (Å²) in [6, 6.07) is 6.65. The van der Waals surface area contributed by atoms with Crippen molar-refractivity contribution in [1.82, 2.24) is 15.1 Å². The third-order valence-corrected chi connectivity index (χ3v) is 6.34. The number of hydrogen-bond donors (Lipinski definition) is 1. The van der Waals surface area contributed by atoms with E-state index < -0.39 is 11.8 Å². The van der Waals surface area contributed by atoms with Gasteiger partial charge in [0.05, 0.1) is 5.56 Å². The number of nitrogens with one attached hydrogen (secondary N) is 1. The van der Waals surface area contributed by atoms with E-state index in [4.69, 9.17) is 4.74 Å². The predicted octanol–water partition coefficient (Wildman–Crippen LogP) is 2.31. The Morgan fingerprint density at radius 2 is 1.79 bits per heavy atom. The van der Waals surface area contributed by atoms with Gasteiger partial charge >= 0.3 is 0 Å². The standard InChI is InChI=1S/C22H29N3O4/c1-16(21(28)24-13-6-2-3-7-14-24)25-15-12-22(11-10-19(25)26)23-20(27)17-8-4-5-9-18(17)29-22/h4-5,8-9,16H,2-3,6-7,10-15H2,1H3,(H,23,27). The summed E-state index contributed by atoms with van der Waals surface area (Å²) in [4.78, 5) is 42.0. The highest BCUT2D eigenvalue weighted by molar-refractivity contribution is 5.98. The molecule has 3 aliphatic heterocycles. The van der Waals surface area contributed by atoms with E-state index >= 15 is 0 Å². The maximum Gasteiger partial charge on any atom is 0.258 e. The molecule has 0 radical (unpaired) electrons. The van der Waals surface area contributed by atoms with Crippen LogP contribution in [0.2, 0.25) is 0 Å². The lowest BCUT2D eigenvalue weighted by molar-refractivity contribution is -0.144. The summed E-state index contributed by atoms with van der Waals surface area (Å²) in [5.74, 6) is 0.330. The maximum atomic E-state index is 13.0.